The standard InChI is InChI=1S/C12H22N2O3/c1-11(2,3)17-10(15)14-9-4-5-16-12(9)6-8(13)7-12/h8-9H,4-7,13H2,1-3H3,(H,14,15). The van der Waals surface area contributed by atoms with Crippen LogP contribution in [0.5, 0.6) is 0 Å². The van der Waals surface area contributed by atoms with Crippen LogP contribution in [0.1, 0.15) is 40.0 Å². The van der Waals surface area contributed by atoms with Gasteiger partial charge in [-0.3, -0.25) is 0 Å². The van der Waals surface area contributed by atoms with E-state index in [4.69, 9.17) is 15.2 Å². The highest BCUT2D eigenvalue weighted by Gasteiger charge is 2.53. The maximum Gasteiger partial charge on any atom is 0.407 e. The van der Waals surface area contributed by atoms with Gasteiger partial charge in [0.25, 0.3) is 0 Å². The molecule has 0 radical (unpaired) electrons. The first-order valence-electron chi connectivity index (χ1n) is 6.20. The number of hydrogen-bond acceptors (Lipinski definition) is 4. The summed E-state index contributed by atoms with van der Waals surface area (Å²) in [5.74, 6) is 0. The zero-order valence-corrected chi connectivity index (χ0v) is 10.8. The fraction of sp³-hybridized carbons (Fsp3) is 0.917. The van der Waals surface area contributed by atoms with E-state index in [1.165, 1.54) is 0 Å². The van der Waals surface area contributed by atoms with Gasteiger partial charge in [-0.25, -0.2) is 4.79 Å². The van der Waals surface area contributed by atoms with Crippen molar-refractivity contribution in [2.24, 2.45) is 5.73 Å². The number of nitrogens with two attached hydrogens (primary N) is 1. The first kappa shape index (κ1) is 12.6. The van der Waals surface area contributed by atoms with Crippen molar-refractivity contribution in [2.75, 3.05) is 6.61 Å². The summed E-state index contributed by atoms with van der Waals surface area (Å²) in [7, 11) is 0. The molecule has 3 N–H and O–H groups in total. The minimum absolute atomic E-state index is 0.0390. The van der Waals surface area contributed by atoms with E-state index < -0.39 is 5.60 Å². The fourth-order valence-electron chi connectivity index (χ4n) is 2.63. The number of rotatable bonds is 1. The summed E-state index contributed by atoms with van der Waals surface area (Å²) in [5.41, 5.74) is 5.11. The Morgan fingerprint density at radius 1 is 1.47 bits per heavy atom. The van der Waals surface area contributed by atoms with Crippen molar-refractivity contribution in [3.05, 3.63) is 0 Å². The molecule has 5 nitrogen and oxygen atoms in total. The molecule has 0 aromatic heterocycles. The van der Waals surface area contributed by atoms with Crippen molar-refractivity contribution in [1.29, 1.82) is 0 Å². The average molecular weight is 242 g/mol. The molecule has 1 saturated carbocycles. The Kier molecular flexibility index (Phi) is 3.08. The summed E-state index contributed by atoms with van der Waals surface area (Å²) in [6, 6.07) is 0.244. The van der Waals surface area contributed by atoms with Crippen molar-refractivity contribution in [1.82, 2.24) is 5.32 Å². The molecule has 1 atom stereocenters. The molecule has 5 heteroatoms. The number of ether oxygens (including phenoxy) is 2. The van der Waals surface area contributed by atoms with E-state index in [1.807, 2.05) is 20.8 Å². The largest absolute Gasteiger partial charge is 0.444 e. The van der Waals surface area contributed by atoms with Gasteiger partial charge in [0.1, 0.15) is 5.60 Å². The second-order valence-corrected chi connectivity index (χ2v) is 6.07. The smallest absolute Gasteiger partial charge is 0.407 e. The van der Waals surface area contributed by atoms with Gasteiger partial charge in [-0.2, -0.15) is 0 Å². The molecule has 0 bridgehead atoms. The third-order valence-electron chi connectivity index (χ3n) is 3.34. The van der Waals surface area contributed by atoms with E-state index in [0.29, 0.717) is 6.61 Å². The maximum atomic E-state index is 11.7. The highest BCUT2D eigenvalue weighted by Crippen LogP contribution is 2.42. The molecule has 17 heavy (non-hydrogen) atoms. The van der Waals surface area contributed by atoms with E-state index in [9.17, 15) is 4.79 Å². The second kappa shape index (κ2) is 4.14. The zero-order chi connectivity index (χ0) is 12.7. The lowest BCUT2D eigenvalue weighted by Gasteiger charge is -2.46. The van der Waals surface area contributed by atoms with Gasteiger partial charge in [-0.05, 0) is 40.0 Å². The van der Waals surface area contributed by atoms with Crippen LogP contribution in [0, 0.1) is 0 Å². The molecule has 1 heterocycles. The molecule has 1 saturated heterocycles. The zero-order valence-electron chi connectivity index (χ0n) is 10.8. The highest BCUT2D eigenvalue weighted by atomic mass is 16.6. The van der Waals surface area contributed by atoms with Crippen molar-refractivity contribution in [3.8, 4) is 0 Å². The molecule has 0 aromatic rings. The second-order valence-electron chi connectivity index (χ2n) is 6.07. The third-order valence-corrected chi connectivity index (χ3v) is 3.34. The van der Waals surface area contributed by atoms with E-state index in [0.717, 1.165) is 19.3 Å². The summed E-state index contributed by atoms with van der Waals surface area (Å²) in [4.78, 5) is 11.7. The molecular weight excluding hydrogens is 220 g/mol. The van der Waals surface area contributed by atoms with Gasteiger partial charge in [-0.15, -0.1) is 0 Å². The SMILES string of the molecule is CC(C)(C)OC(=O)NC1CCOC12CC(N)C2. The molecular formula is C12H22N2O3. The van der Waals surface area contributed by atoms with Crippen LogP contribution < -0.4 is 11.1 Å². The Morgan fingerprint density at radius 3 is 2.65 bits per heavy atom. The van der Waals surface area contributed by atoms with E-state index in [1.54, 1.807) is 0 Å². The van der Waals surface area contributed by atoms with E-state index in [2.05, 4.69) is 5.32 Å². The number of carbonyl (C=O) groups is 1. The normalized spacial score (nSPS) is 36.7. The number of amides is 1. The predicted molar refractivity (Wildman–Crippen MR) is 63.7 cm³/mol. The van der Waals surface area contributed by atoms with Gasteiger partial charge in [-0.1, -0.05) is 0 Å². The Labute approximate surface area is 102 Å². The summed E-state index contributed by atoms with van der Waals surface area (Å²) in [6.45, 7) is 6.25. The number of nitrogens with one attached hydrogen (secondary N) is 1. The Morgan fingerprint density at radius 2 is 2.12 bits per heavy atom. The lowest BCUT2D eigenvalue weighted by molar-refractivity contribution is -0.0814. The molecule has 0 aromatic carbocycles. The summed E-state index contributed by atoms with van der Waals surface area (Å²) in [5, 5.41) is 2.91. The minimum Gasteiger partial charge on any atom is -0.444 e. The van der Waals surface area contributed by atoms with Crippen LogP contribution in [0.4, 0.5) is 4.79 Å². The minimum atomic E-state index is -0.466. The molecule has 1 spiro atoms. The summed E-state index contributed by atoms with van der Waals surface area (Å²) < 4.78 is 11.0. The van der Waals surface area contributed by atoms with Crippen LogP contribution in [0.3, 0.4) is 0 Å². The van der Waals surface area contributed by atoms with Crippen LogP contribution >= 0.6 is 0 Å². The molecule has 1 aliphatic heterocycles. The Balaban J connectivity index is 1.88. The highest BCUT2D eigenvalue weighted by molar-refractivity contribution is 5.68. The lowest BCUT2D eigenvalue weighted by atomic mass is 9.71. The van der Waals surface area contributed by atoms with Crippen LogP contribution in [0.15, 0.2) is 0 Å². The maximum absolute atomic E-state index is 11.7. The molecule has 1 aliphatic carbocycles. The Hall–Kier alpha value is -0.810. The first-order chi connectivity index (χ1) is 7.81. The molecule has 1 unspecified atom stereocenters. The molecule has 2 aliphatic rings. The Bertz CT molecular complexity index is 305. The van der Waals surface area contributed by atoms with Gasteiger partial charge in [0.2, 0.25) is 0 Å². The van der Waals surface area contributed by atoms with Crippen molar-refractivity contribution in [3.63, 3.8) is 0 Å². The van der Waals surface area contributed by atoms with Gasteiger partial charge in [0.05, 0.1) is 11.6 Å². The van der Waals surface area contributed by atoms with Gasteiger partial charge < -0.3 is 20.5 Å². The molecule has 2 fully saturated rings. The quantitative estimate of drug-likeness (QED) is 0.723. The summed E-state index contributed by atoms with van der Waals surface area (Å²) in [6.07, 6.45) is 2.13. The van der Waals surface area contributed by atoms with E-state index >= 15 is 0 Å². The average Bonchev–Trinajstić information content (AvgIpc) is 2.44. The van der Waals surface area contributed by atoms with E-state index in [-0.39, 0.29) is 23.8 Å². The molecule has 98 valence electrons. The fourth-order valence-corrected chi connectivity index (χ4v) is 2.63. The van der Waals surface area contributed by atoms with Gasteiger partial charge >= 0.3 is 6.09 Å². The van der Waals surface area contributed by atoms with Crippen LogP contribution in [-0.2, 0) is 9.47 Å². The van der Waals surface area contributed by atoms with Crippen LogP contribution in [0.2, 0.25) is 0 Å². The van der Waals surface area contributed by atoms with Crippen molar-refractivity contribution in [2.45, 2.75) is 63.3 Å². The number of hydrogen-bond donors (Lipinski definition) is 2. The van der Waals surface area contributed by atoms with Crippen molar-refractivity contribution < 1.29 is 14.3 Å². The predicted octanol–water partition coefficient (Wildman–Crippen LogP) is 1.16. The third kappa shape index (κ3) is 2.72. The number of carbonyl (C=O) groups excluding carboxylic acids is 1. The first-order valence-corrected chi connectivity index (χ1v) is 6.20. The van der Waals surface area contributed by atoms with Gasteiger partial charge in [0.15, 0.2) is 0 Å². The topological polar surface area (TPSA) is 73.6 Å². The molecule has 1 amide bonds. The summed E-state index contributed by atoms with van der Waals surface area (Å²) >= 11 is 0. The lowest BCUT2D eigenvalue weighted by Crippen LogP contribution is -2.61. The van der Waals surface area contributed by atoms with Crippen LogP contribution in [0.25, 0.3) is 0 Å². The number of alkyl carbamates (subject to hydrolysis) is 1. The van der Waals surface area contributed by atoms with Crippen LogP contribution in [-0.4, -0.2) is 36.0 Å². The monoisotopic (exact) mass is 242 g/mol. The van der Waals surface area contributed by atoms with Crippen molar-refractivity contribution >= 4 is 6.09 Å². The van der Waals surface area contributed by atoms with Gasteiger partial charge in [0, 0.05) is 12.6 Å². The molecule has 2 rings (SSSR count).